The molecule has 1 aromatic rings. The van der Waals surface area contributed by atoms with Crippen LogP contribution in [0.15, 0.2) is 29.2 Å². The van der Waals surface area contributed by atoms with E-state index in [2.05, 4.69) is 5.32 Å². The fourth-order valence-electron chi connectivity index (χ4n) is 1.82. The lowest BCUT2D eigenvalue weighted by atomic mass is 10.0. The summed E-state index contributed by atoms with van der Waals surface area (Å²) >= 11 is 0. The van der Waals surface area contributed by atoms with Gasteiger partial charge >= 0.3 is 5.97 Å². The topological polar surface area (TPSA) is 83.5 Å². The van der Waals surface area contributed by atoms with Gasteiger partial charge in [-0.3, -0.25) is 0 Å². The van der Waals surface area contributed by atoms with E-state index in [1.165, 1.54) is 12.1 Å². The Labute approximate surface area is 119 Å². The van der Waals surface area contributed by atoms with Crippen molar-refractivity contribution < 1.29 is 18.3 Å². The van der Waals surface area contributed by atoms with Crippen LogP contribution in [0.5, 0.6) is 0 Å². The molecule has 0 aliphatic heterocycles. The molecule has 0 amide bonds. The van der Waals surface area contributed by atoms with Gasteiger partial charge in [0.05, 0.1) is 10.6 Å². The smallest absolute Gasteiger partial charge is 0.326 e. The Morgan fingerprint density at radius 2 is 1.80 bits per heavy atom. The van der Waals surface area contributed by atoms with E-state index < -0.39 is 21.8 Å². The van der Waals surface area contributed by atoms with E-state index in [9.17, 15) is 13.2 Å². The summed E-state index contributed by atoms with van der Waals surface area (Å²) in [6, 6.07) is 5.51. The van der Waals surface area contributed by atoms with E-state index in [-0.39, 0.29) is 16.6 Å². The summed E-state index contributed by atoms with van der Waals surface area (Å²) in [7, 11) is -3.22. The summed E-state index contributed by atoms with van der Waals surface area (Å²) in [6.07, 6.45) is 0.504. The number of carboxylic acids is 1. The minimum atomic E-state index is -3.22. The van der Waals surface area contributed by atoms with E-state index >= 15 is 0 Å². The summed E-state index contributed by atoms with van der Waals surface area (Å²) in [5, 5.41) is 12.1. The molecule has 0 aliphatic rings. The second-order valence-corrected chi connectivity index (χ2v) is 7.37. The highest BCUT2D eigenvalue weighted by Gasteiger charge is 2.19. The molecule has 0 bridgehead atoms. The maximum absolute atomic E-state index is 11.7. The van der Waals surface area contributed by atoms with Crippen molar-refractivity contribution in [3.05, 3.63) is 24.3 Å². The highest BCUT2D eigenvalue weighted by atomic mass is 32.2. The predicted octanol–water partition coefficient (Wildman–Crippen LogP) is 2.39. The van der Waals surface area contributed by atoms with Gasteiger partial charge in [0.15, 0.2) is 9.84 Å². The Morgan fingerprint density at radius 1 is 1.25 bits per heavy atom. The molecule has 1 atom stereocenters. The highest BCUT2D eigenvalue weighted by molar-refractivity contribution is 7.91. The Kier molecular flexibility index (Phi) is 5.56. The first kappa shape index (κ1) is 16.5. The Morgan fingerprint density at radius 3 is 2.20 bits per heavy atom. The summed E-state index contributed by atoms with van der Waals surface area (Å²) in [6.45, 7) is 5.49. The van der Waals surface area contributed by atoms with Crippen molar-refractivity contribution in [3.8, 4) is 0 Å². The molecule has 0 fully saturated rings. The van der Waals surface area contributed by atoms with Gasteiger partial charge in [-0.15, -0.1) is 0 Å². The molecule has 0 radical (unpaired) electrons. The van der Waals surface area contributed by atoms with E-state index in [4.69, 9.17) is 5.11 Å². The standard InChI is InChI=1S/C14H21NO4S/c1-4-20(18,19)12-7-5-11(6-8-12)15-13(14(16)17)9-10(2)3/h5-8,10,13,15H,4,9H2,1-3H3,(H,16,17). The third-order valence-corrected chi connectivity index (χ3v) is 4.69. The van der Waals surface area contributed by atoms with E-state index in [0.717, 1.165) is 0 Å². The maximum Gasteiger partial charge on any atom is 0.326 e. The molecule has 1 rings (SSSR count). The van der Waals surface area contributed by atoms with Crippen LogP contribution in [-0.2, 0) is 14.6 Å². The maximum atomic E-state index is 11.7. The molecule has 0 spiro atoms. The summed E-state index contributed by atoms with van der Waals surface area (Å²) in [5.41, 5.74) is 0.605. The second kappa shape index (κ2) is 6.74. The van der Waals surface area contributed by atoms with E-state index in [0.29, 0.717) is 12.1 Å². The number of hydrogen-bond donors (Lipinski definition) is 2. The van der Waals surface area contributed by atoms with Gasteiger partial charge in [-0.1, -0.05) is 20.8 Å². The van der Waals surface area contributed by atoms with Crippen molar-refractivity contribution in [2.24, 2.45) is 5.92 Å². The number of nitrogens with one attached hydrogen (secondary N) is 1. The number of carboxylic acid groups (broad SMARTS) is 1. The van der Waals surface area contributed by atoms with Gasteiger partial charge < -0.3 is 10.4 Å². The van der Waals surface area contributed by atoms with Crippen LogP contribution >= 0.6 is 0 Å². The van der Waals surface area contributed by atoms with E-state index in [1.54, 1.807) is 19.1 Å². The van der Waals surface area contributed by atoms with Crippen molar-refractivity contribution >= 4 is 21.5 Å². The third kappa shape index (κ3) is 4.52. The van der Waals surface area contributed by atoms with Crippen molar-refractivity contribution in [2.75, 3.05) is 11.1 Å². The van der Waals surface area contributed by atoms with Gasteiger partial charge in [-0.05, 0) is 36.6 Å². The zero-order valence-corrected chi connectivity index (χ0v) is 12.8. The Balaban J connectivity index is 2.86. The first-order valence-electron chi connectivity index (χ1n) is 6.58. The summed E-state index contributed by atoms with van der Waals surface area (Å²) < 4.78 is 23.3. The quantitative estimate of drug-likeness (QED) is 0.807. The molecule has 20 heavy (non-hydrogen) atoms. The number of anilines is 1. The number of aliphatic carboxylic acids is 1. The van der Waals surface area contributed by atoms with Gasteiger partial charge in [0.1, 0.15) is 6.04 Å². The molecular formula is C14H21NO4S. The summed E-state index contributed by atoms with van der Waals surface area (Å²) in [5.74, 6) is -0.613. The average molecular weight is 299 g/mol. The van der Waals surface area contributed by atoms with Crippen molar-refractivity contribution in [2.45, 2.75) is 38.1 Å². The molecule has 6 heteroatoms. The SMILES string of the molecule is CCS(=O)(=O)c1ccc(NC(CC(C)C)C(=O)O)cc1. The molecule has 0 aromatic heterocycles. The zero-order chi connectivity index (χ0) is 15.3. The molecular weight excluding hydrogens is 278 g/mol. The van der Waals surface area contributed by atoms with Crippen molar-refractivity contribution in [1.82, 2.24) is 0 Å². The van der Waals surface area contributed by atoms with Crippen LogP contribution in [0.25, 0.3) is 0 Å². The molecule has 0 saturated heterocycles. The van der Waals surface area contributed by atoms with Gasteiger partial charge in [-0.25, -0.2) is 13.2 Å². The van der Waals surface area contributed by atoms with Crippen LogP contribution in [0.4, 0.5) is 5.69 Å². The van der Waals surface area contributed by atoms with Crippen molar-refractivity contribution in [1.29, 1.82) is 0 Å². The first-order valence-corrected chi connectivity index (χ1v) is 8.23. The molecule has 0 aliphatic carbocycles. The lowest BCUT2D eigenvalue weighted by molar-refractivity contribution is -0.138. The van der Waals surface area contributed by atoms with Gasteiger partial charge in [0.2, 0.25) is 0 Å². The van der Waals surface area contributed by atoms with Gasteiger partial charge in [0, 0.05) is 5.69 Å². The fraction of sp³-hybridized carbons (Fsp3) is 0.500. The van der Waals surface area contributed by atoms with Crippen molar-refractivity contribution in [3.63, 3.8) is 0 Å². The minimum absolute atomic E-state index is 0.0465. The fourth-order valence-corrected chi connectivity index (χ4v) is 2.70. The Bertz CT molecular complexity index is 549. The predicted molar refractivity (Wildman–Crippen MR) is 78.7 cm³/mol. The lowest BCUT2D eigenvalue weighted by Gasteiger charge is -2.17. The van der Waals surface area contributed by atoms with Crippen LogP contribution in [0.1, 0.15) is 27.2 Å². The average Bonchev–Trinajstić information content (AvgIpc) is 2.38. The molecule has 2 N–H and O–H groups in total. The number of sulfone groups is 1. The summed E-state index contributed by atoms with van der Waals surface area (Å²) in [4.78, 5) is 11.4. The second-order valence-electron chi connectivity index (χ2n) is 5.09. The van der Waals surface area contributed by atoms with Crippen LogP contribution in [0, 0.1) is 5.92 Å². The van der Waals surface area contributed by atoms with Gasteiger partial charge in [0.25, 0.3) is 0 Å². The third-order valence-electron chi connectivity index (χ3n) is 2.94. The van der Waals surface area contributed by atoms with Gasteiger partial charge in [-0.2, -0.15) is 0 Å². The normalized spacial score (nSPS) is 13.2. The molecule has 0 heterocycles. The lowest BCUT2D eigenvalue weighted by Crippen LogP contribution is -2.30. The molecule has 1 aromatic carbocycles. The Hall–Kier alpha value is -1.56. The largest absolute Gasteiger partial charge is 0.480 e. The number of benzene rings is 1. The molecule has 5 nitrogen and oxygen atoms in total. The first-order chi connectivity index (χ1) is 9.26. The van der Waals surface area contributed by atoms with Crippen LogP contribution < -0.4 is 5.32 Å². The zero-order valence-electron chi connectivity index (χ0n) is 12.0. The number of rotatable bonds is 7. The number of carbonyl (C=O) groups is 1. The molecule has 112 valence electrons. The molecule has 0 saturated carbocycles. The van der Waals surface area contributed by atoms with E-state index in [1.807, 2.05) is 13.8 Å². The van der Waals surface area contributed by atoms with Crippen LogP contribution in [0.3, 0.4) is 0 Å². The number of hydrogen-bond acceptors (Lipinski definition) is 4. The van der Waals surface area contributed by atoms with Crippen LogP contribution in [-0.4, -0.2) is 31.3 Å². The van der Waals surface area contributed by atoms with Crippen LogP contribution in [0.2, 0.25) is 0 Å². The highest BCUT2D eigenvalue weighted by Crippen LogP contribution is 2.17. The monoisotopic (exact) mass is 299 g/mol. The molecule has 1 unspecified atom stereocenters. The minimum Gasteiger partial charge on any atom is -0.480 e.